The number of carbonyl (C=O) groups is 4. The number of hydrogen-bond donors (Lipinski definition) is 1. The van der Waals surface area contributed by atoms with Crippen LogP contribution in [0.3, 0.4) is 0 Å². The van der Waals surface area contributed by atoms with Gasteiger partial charge in [0, 0.05) is 5.56 Å². The number of fused-ring (bicyclic) bond motifs is 1. The molecular formula is C27H24N2O6. The predicted molar refractivity (Wildman–Crippen MR) is 131 cm³/mol. The molecule has 0 aliphatic carbocycles. The van der Waals surface area contributed by atoms with Crippen molar-refractivity contribution in [1.82, 2.24) is 5.32 Å². The van der Waals surface area contributed by atoms with Crippen LogP contribution in [0.25, 0.3) is 16.8 Å². The summed E-state index contributed by atoms with van der Waals surface area (Å²) in [7, 11) is 0. The summed E-state index contributed by atoms with van der Waals surface area (Å²) in [6.45, 7) is 5.68. The first-order valence-corrected chi connectivity index (χ1v) is 11.2. The van der Waals surface area contributed by atoms with Gasteiger partial charge in [0.05, 0.1) is 24.0 Å². The third kappa shape index (κ3) is 4.77. The largest absolute Gasteiger partial charge is 0.490 e. The Hall–Kier alpha value is -4.46. The molecule has 0 saturated carbocycles. The third-order valence-electron chi connectivity index (χ3n) is 5.32. The number of anilines is 1. The van der Waals surface area contributed by atoms with Crippen molar-refractivity contribution in [2.24, 2.45) is 0 Å². The Morgan fingerprint density at radius 1 is 1.00 bits per heavy atom. The van der Waals surface area contributed by atoms with Crippen LogP contribution in [0.5, 0.6) is 5.75 Å². The number of urea groups is 1. The van der Waals surface area contributed by atoms with E-state index >= 15 is 0 Å². The monoisotopic (exact) mass is 472 g/mol. The molecule has 1 fully saturated rings. The number of carbonyl (C=O) groups excluding carboxylic acids is 4. The number of rotatable bonds is 6. The maximum atomic E-state index is 13.4. The summed E-state index contributed by atoms with van der Waals surface area (Å²) < 4.78 is 10.9. The quantitative estimate of drug-likeness (QED) is 0.323. The van der Waals surface area contributed by atoms with Crippen LogP contribution in [0.4, 0.5) is 10.5 Å². The molecule has 0 spiro atoms. The highest BCUT2D eigenvalue weighted by Crippen LogP contribution is 2.32. The molecule has 4 amide bonds. The molecule has 3 aromatic carbocycles. The van der Waals surface area contributed by atoms with Gasteiger partial charge in [-0.3, -0.25) is 14.9 Å². The van der Waals surface area contributed by atoms with Gasteiger partial charge in [-0.2, -0.15) is 0 Å². The Labute approximate surface area is 202 Å². The molecule has 4 rings (SSSR count). The molecule has 0 aromatic heterocycles. The van der Waals surface area contributed by atoms with Gasteiger partial charge < -0.3 is 9.47 Å². The summed E-state index contributed by atoms with van der Waals surface area (Å²) in [5.41, 5.74) is 0.820. The normalized spacial score (nSPS) is 15.0. The van der Waals surface area contributed by atoms with Crippen LogP contribution >= 0.6 is 0 Å². The first-order valence-electron chi connectivity index (χ1n) is 11.2. The van der Waals surface area contributed by atoms with Gasteiger partial charge in [0.1, 0.15) is 11.3 Å². The van der Waals surface area contributed by atoms with Crippen molar-refractivity contribution in [2.45, 2.75) is 26.9 Å². The van der Waals surface area contributed by atoms with Gasteiger partial charge in [0.25, 0.3) is 11.8 Å². The van der Waals surface area contributed by atoms with Crippen molar-refractivity contribution >= 4 is 46.4 Å². The summed E-state index contributed by atoms with van der Waals surface area (Å²) in [5.74, 6) is -1.60. The van der Waals surface area contributed by atoms with E-state index in [2.05, 4.69) is 5.32 Å². The average molecular weight is 472 g/mol. The maximum Gasteiger partial charge on any atom is 0.338 e. The van der Waals surface area contributed by atoms with E-state index in [4.69, 9.17) is 9.47 Å². The number of nitrogens with one attached hydrogen (secondary N) is 1. The summed E-state index contributed by atoms with van der Waals surface area (Å²) in [6.07, 6.45) is 1.31. The molecule has 1 aliphatic heterocycles. The highest BCUT2D eigenvalue weighted by atomic mass is 16.5. The minimum atomic E-state index is -0.877. The van der Waals surface area contributed by atoms with Gasteiger partial charge in [0.2, 0.25) is 0 Å². The molecule has 8 nitrogen and oxygen atoms in total. The molecule has 1 heterocycles. The molecule has 1 aliphatic rings. The van der Waals surface area contributed by atoms with E-state index in [9.17, 15) is 19.2 Å². The van der Waals surface area contributed by atoms with Gasteiger partial charge >= 0.3 is 12.0 Å². The van der Waals surface area contributed by atoms with Crippen molar-refractivity contribution in [3.05, 3.63) is 77.4 Å². The minimum absolute atomic E-state index is 0.139. The molecule has 35 heavy (non-hydrogen) atoms. The summed E-state index contributed by atoms with van der Waals surface area (Å²) >= 11 is 0. The summed E-state index contributed by atoms with van der Waals surface area (Å²) in [4.78, 5) is 51.5. The second kappa shape index (κ2) is 9.80. The highest BCUT2D eigenvalue weighted by Gasteiger charge is 2.37. The van der Waals surface area contributed by atoms with Gasteiger partial charge in [-0.05, 0) is 68.0 Å². The topological polar surface area (TPSA) is 102 Å². The molecule has 8 heteroatoms. The number of hydrogen-bond acceptors (Lipinski definition) is 6. The van der Waals surface area contributed by atoms with Crippen molar-refractivity contribution in [1.29, 1.82) is 0 Å². The number of barbiturate groups is 1. The number of amides is 4. The average Bonchev–Trinajstić information content (AvgIpc) is 2.82. The highest BCUT2D eigenvalue weighted by molar-refractivity contribution is 6.39. The first-order chi connectivity index (χ1) is 16.8. The molecule has 0 atom stereocenters. The van der Waals surface area contributed by atoms with Crippen LogP contribution in [0.2, 0.25) is 0 Å². The van der Waals surface area contributed by atoms with Crippen LogP contribution in [-0.2, 0) is 14.3 Å². The second-order valence-electron chi connectivity index (χ2n) is 8.09. The van der Waals surface area contributed by atoms with E-state index in [0.29, 0.717) is 11.3 Å². The number of esters is 1. The number of benzene rings is 3. The predicted octanol–water partition coefficient (Wildman–Crippen LogP) is 4.47. The van der Waals surface area contributed by atoms with Crippen molar-refractivity contribution < 1.29 is 28.7 Å². The zero-order valence-electron chi connectivity index (χ0n) is 19.5. The Bertz CT molecular complexity index is 1360. The summed E-state index contributed by atoms with van der Waals surface area (Å²) in [6, 6.07) is 16.1. The first kappa shape index (κ1) is 23.7. The Kier molecular flexibility index (Phi) is 6.64. The number of imide groups is 2. The smallest absolute Gasteiger partial charge is 0.338 e. The van der Waals surface area contributed by atoms with Gasteiger partial charge in [-0.15, -0.1) is 0 Å². The second-order valence-corrected chi connectivity index (χ2v) is 8.09. The zero-order valence-corrected chi connectivity index (χ0v) is 19.5. The van der Waals surface area contributed by atoms with E-state index in [1.165, 1.54) is 30.3 Å². The van der Waals surface area contributed by atoms with Crippen LogP contribution in [-0.4, -0.2) is 36.5 Å². The molecule has 178 valence electrons. The van der Waals surface area contributed by atoms with Crippen LogP contribution in [0.1, 0.15) is 36.7 Å². The standard InChI is InChI=1S/C27H24N2O6/c1-4-34-26(32)18-9-12-19(13-10-18)29-25(31)22(24(30)28-27(29)33)15-21-20-8-6-5-7-17(20)11-14-23(21)35-16(2)3/h5-16H,4H2,1-3H3,(H,28,30,33)/b22-15+. The van der Waals surface area contributed by atoms with Crippen LogP contribution in [0, 0.1) is 0 Å². The molecule has 1 saturated heterocycles. The lowest BCUT2D eigenvalue weighted by molar-refractivity contribution is -0.122. The van der Waals surface area contributed by atoms with Crippen molar-refractivity contribution in [3.8, 4) is 5.75 Å². The van der Waals surface area contributed by atoms with E-state index in [1.807, 2.05) is 44.2 Å². The van der Waals surface area contributed by atoms with Crippen LogP contribution in [0.15, 0.2) is 66.2 Å². The Balaban J connectivity index is 1.77. The van der Waals surface area contributed by atoms with E-state index < -0.39 is 23.8 Å². The SMILES string of the molecule is CCOC(=O)c1ccc(N2C(=O)NC(=O)/C(=C\c3c(OC(C)C)ccc4ccccc34)C2=O)cc1. The Morgan fingerprint density at radius 2 is 1.71 bits per heavy atom. The lowest BCUT2D eigenvalue weighted by Gasteiger charge is -2.26. The maximum absolute atomic E-state index is 13.4. The minimum Gasteiger partial charge on any atom is -0.490 e. The molecular weight excluding hydrogens is 448 g/mol. The molecule has 0 bridgehead atoms. The molecule has 0 radical (unpaired) electrons. The zero-order chi connectivity index (χ0) is 25.1. The molecule has 3 aromatic rings. The van der Waals surface area contributed by atoms with Gasteiger partial charge in [-0.25, -0.2) is 14.5 Å². The van der Waals surface area contributed by atoms with Crippen molar-refractivity contribution in [2.75, 3.05) is 11.5 Å². The van der Waals surface area contributed by atoms with Gasteiger partial charge in [0.15, 0.2) is 0 Å². The fourth-order valence-electron chi connectivity index (χ4n) is 3.78. The van der Waals surface area contributed by atoms with Gasteiger partial charge in [-0.1, -0.05) is 30.3 Å². The molecule has 0 unspecified atom stereocenters. The lowest BCUT2D eigenvalue weighted by Crippen LogP contribution is -2.54. The van der Waals surface area contributed by atoms with E-state index in [-0.39, 0.29) is 29.5 Å². The lowest BCUT2D eigenvalue weighted by atomic mass is 9.99. The van der Waals surface area contributed by atoms with Crippen molar-refractivity contribution in [3.63, 3.8) is 0 Å². The van der Waals surface area contributed by atoms with Crippen LogP contribution < -0.4 is 15.0 Å². The summed E-state index contributed by atoms with van der Waals surface area (Å²) in [5, 5.41) is 3.92. The third-order valence-corrected chi connectivity index (χ3v) is 5.32. The Morgan fingerprint density at radius 3 is 2.40 bits per heavy atom. The molecule has 1 N–H and O–H groups in total. The number of ether oxygens (including phenoxy) is 2. The fourth-order valence-corrected chi connectivity index (χ4v) is 3.78. The van der Waals surface area contributed by atoms with E-state index in [1.54, 1.807) is 13.0 Å². The number of nitrogens with zero attached hydrogens (tertiary/aromatic N) is 1. The van der Waals surface area contributed by atoms with E-state index in [0.717, 1.165) is 15.7 Å². The fraction of sp³-hybridized carbons (Fsp3) is 0.185.